The van der Waals surface area contributed by atoms with Crippen molar-refractivity contribution in [3.8, 4) is 0 Å². The van der Waals surface area contributed by atoms with Crippen molar-refractivity contribution in [3.63, 3.8) is 0 Å². The van der Waals surface area contributed by atoms with Crippen molar-refractivity contribution < 1.29 is 27.9 Å². The number of alkyl halides is 3. The van der Waals surface area contributed by atoms with Gasteiger partial charge in [0.25, 0.3) is 0 Å². The lowest BCUT2D eigenvalue weighted by atomic mass is 10.3. The van der Waals surface area contributed by atoms with Gasteiger partial charge in [-0.3, -0.25) is 4.79 Å². The fraction of sp³-hybridized carbons (Fsp3) is 0.800. The molecule has 0 aliphatic rings. The standard InChI is InChI=1S/C10H17F3N2O3/c1-3-5-15(7-8(16)17)9(18)14(2)6-4-10(11,12)13/h3-7H2,1-2H3,(H,16,17). The van der Waals surface area contributed by atoms with Crippen LogP contribution in [-0.2, 0) is 4.79 Å². The van der Waals surface area contributed by atoms with Gasteiger partial charge in [-0.1, -0.05) is 6.92 Å². The summed E-state index contributed by atoms with van der Waals surface area (Å²) in [6.45, 7) is 0.949. The maximum absolute atomic E-state index is 12.0. The lowest BCUT2D eigenvalue weighted by molar-refractivity contribution is -0.139. The molecule has 0 atom stereocenters. The number of carbonyl (C=O) groups excluding carboxylic acids is 1. The van der Waals surface area contributed by atoms with Crippen LogP contribution in [0, 0.1) is 0 Å². The maximum atomic E-state index is 12.0. The number of rotatable bonds is 6. The third kappa shape index (κ3) is 6.97. The van der Waals surface area contributed by atoms with E-state index in [9.17, 15) is 22.8 Å². The Balaban J connectivity index is 4.41. The summed E-state index contributed by atoms with van der Waals surface area (Å²) in [4.78, 5) is 24.1. The number of hydrogen-bond acceptors (Lipinski definition) is 2. The number of carboxylic acids is 1. The third-order valence-corrected chi connectivity index (χ3v) is 2.15. The molecule has 0 rings (SSSR count). The van der Waals surface area contributed by atoms with Crippen LogP contribution in [0.5, 0.6) is 0 Å². The summed E-state index contributed by atoms with van der Waals surface area (Å²) in [5.41, 5.74) is 0. The monoisotopic (exact) mass is 270 g/mol. The number of aliphatic carboxylic acids is 1. The number of carbonyl (C=O) groups is 2. The minimum atomic E-state index is -4.34. The van der Waals surface area contributed by atoms with E-state index in [0.717, 1.165) is 9.80 Å². The summed E-state index contributed by atoms with van der Waals surface area (Å²) in [5, 5.41) is 8.61. The summed E-state index contributed by atoms with van der Waals surface area (Å²) in [6.07, 6.45) is -4.91. The molecule has 0 aromatic carbocycles. The van der Waals surface area contributed by atoms with Crippen LogP contribution >= 0.6 is 0 Å². The summed E-state index contributed by atoms with van der Waals surface area (Å²) >= 11 is 0. The first kappa shape index (κ1) is 16.5. The quantitative estimate of drug-likeness (QED) is 0.800. The average molecular weight is 270 g/mol. The van der Waals surface area contributed by atoms with Crippen molar-refractivity contribution in [1.29, 1.82) is 0 Å². The highest BCUT2D eigenvalue weighted by atomic mass is 19.4. The Labute approximate surface area is 103 Å². The van der Waals surface area contributed by atoms with Gasteiger partial charge in [0.15, 0.2) is 0 Å². The fourth-order valence-corrected chi connectivity index (χ4v) is 1.31. The maximum Gasteiger partial charge on any atom is 0.390 e. The molecular formula is C10H17F3N2O3. The van der Waals surface area contributed by atoms with Crippen LogP contribution in [-0.4, -0.2) is 59.8 Å². The van der Waals surface area contributed by atoms with Crippen LogP contribution < -0.4 is 0 Å². The van der Waals surface area contributed by atoms with E-state index in [1.807, 2.05) is 0 Å². The Morgan fingerprint density at radius 3 is 2.17 bits per heavy atom. The molecule has 0 aromatic heterocycles. The van der Waals surface area contributed by atoms with Crippen LogP contribution in [0.25, 0.3) is 0 Å². The molecule has 2 amide bonds. The molecule has 0 unspecified atom stereocenters. The predicted octanol–water partition coefficient (Wildman–Crippen LogP) is 1.79. The zero-order valence-corrected chi connectivity index (χ0v) is 10.3. The molecule has 0 bridgehead atoms. The number of amides is 2. The topological polar surface area (TPSA) is 60.9 Å². The van der Waals surface area contributed by atoms with Gasteiger partial charge in [0, 0.05) is 20.1 Å². The van der Waals surface area contributed by atoms with Crippen molar-refractivity contribution in [2.75, 3.05) is 26.7 Å². The minimum absolute atomic E-state index is 0.196. The third-order valence-electron chi connectivity index (χ3n) is 2.15. The highest BCUT2D eigenvalue weighted by Gasteiger charge is 2.29. The van der Waals surface area contributed by atoms with Crippen molar-refractivity contribution in [2.45, 2.75) is 25.9 Å². The SMILES string of the molecule is CCCN(CC(=O)O)C(=O)N(C)CCC(F)(F)F. The number of carboxylic acid groups (broad SMARTS) is 1. The van der Waals surface area contributed by atoms with Gasteiger partial charge in [-0.25, -0.2) is 4.79 Å². The fourth-order valence-electron chi connectivity index (χ4n) is 1.31. The Bertz CT molecular complexity index is 295. The molecule has 0 heterocycles. The molecule has 0 fully saturated rings. The number of halogens is 3. The Kier molecular flexibility index (Phi) is 6.50. The zero-order chi connectivity index (χ0) is 14.3. The minimum Gasteiger partial charge on any atom is -0.480 e. The van der Waals surface area contributed by atoms with Gasteiger partial charge in [-0.15, -0.1) is 0 Å². The van der Waals surface area contributed by atoms with Gasteiger partial charge in [-0.05, 0) is 6.42 Å². The molecule has 0 aliphatic carbocycles. The summed E-state index contributed by atoms with van der Waals surface area (Å²) < 4.78 is 36.0. The van der Waals surface area contributed by atoms with E-state index >= 15 is 0 Å². The Morgan fingerprint density at radius 2 is 1.78 bits per heavy atom. The van der Waals surface area contributed by atoms with Gasteiger partial charge >= 0.3 is 18.2 Å². The van der Waals surface area contributed by atoms with Crippen molar-refractivity contribution in [3.05, 3.63) is 0 Å². The predicted molar refractivity (Wildman–Crippen MR) is 58.2 cm³/mol. The van der Waals surface area contributed by atoms with Gasteiger partial charge < -0.3 is 14.9 Å². The molecule has 0 aliphatic heterocycles. The van der Waals surface area contributed by atoms with E-state index in [-0.39, 0.29) is 6.54 Å². The second kappa shape index (κ2) is 7.07. The van der Waals surface area contributed by atoms with Crippen molar-refractivity contribution in [2.24, 2.45) is 0 Å². The lowest BCUT2D eigenvalue weighted by Gasteiger charge is -2.26. The molecule has 0 saturated carbocycles. The molecule has 1 N–H and O–H groups in total. The lowest BCUT2D eigenvalue weighted by Crippen LogP contribution is -2.44. The first-order valence-corrected chi connectivity index (χ1v) is 5.46. The zero-order valence-electron chi connectivity index (χ0n) is 10.3. The second-order valence-electron chi connectivity index (χ2n) is 3.88. The first-order valence-electron chi connectivity index (χ1n) is 5.46. The van der Waals surface area contributed by atoms with Gasteiger partial charge in [0.2, 0.25) is 0 Å². The smallest absolute Gasteiger partial charge is 0.390 e. The average Bonchev–Trinajstić information content (AvgIpc) is 2.22. The molecule has 106 valence electrons. The van der Waals surface area contributed by atoms with Gasteiger partial charge in [0.1, 0.15) is 6.54 Å². The summed E-state index contributed by atoms with van der Waals surface area (Å²) in [5.74, 6) is -1.19. The molecule has 18 heavy (non-hydrogen) atoms. The normalized spacial score (nSPS) is 11.2. The van der Waals surface area contributed by atoms with E-state index in [0.29, 0.717) is 6.42 Å². The number of urea groups is 1. The van der Waals surface area contributed by atoms with E-state index in [4.69, 9.17) is 5.11 Å². The van der Waals surface area contributed by atoms with E-state index in [1.54, 1.807) is 6.92 Å². The van der Waals surface area contributed by atoms with Crippen LogP contribution in [0.2, 0.25) is 0 Å². The van der Waals surface area contributed by atoms with Crippen LogP contribution in [0.4, 0.5) is 18.0 Å². The molecule has 0 saturated heterocycles. The van der Waals surface area contributed by atoms with Crippen molar-refractivity contribution in [1.82, 2.24) is 9.80 Å². The largest absolute Gasteiger partial charge is 0.480 e. The van der Waals surface area contributed by atoms with Crippen LogP contribution in [0.1, 0.15) is 19.8 Å². The summed E-state index contributed by atoms with van der Waals surface area (Å²) in [7, 11) is 1.22. The van der Waals surface area contributed by atoms with Gasteiger partial charge in [0.05, 0.1) is 6.42 Å². The highest BCUT2D eigenvalue weighted by Crippen LogP contribution is 2.19. The Morgan fingerprint density at radius 1 is 1.22 bits per heavy atom. The highest BCUT2D eigenvalue weighted by molar-refractivity contribution is 5.80. The van der Waals surface area contributed by atoms with E-state index in [1.165, 1.54) is 7.05 Å². The van der Waals surface area contributed by atoms with Gasteiger partial charge in [-0.2, -0.15) is 13.2 Å². The first-order chi connectivity index (χ1) is 8.17. The van der Waals surface area contributed by atoms with E-state index in [2.05, 4.69) is 0 Å². The van der Waals surface area contributed by atoms with E-state index < -0.39 is 37.7 Å². The molecule has 0 aromatic rings. The molecule has 0 spiro atoms. The molecular weight excluding hydrogens is 253 g/mol. The van der Waals surface area contributed by atoms with Crippen LogP contribution in [0.15, 0.2) is 0 Å². The molecule has 0 radical (unpaired) electrons. The van der Waals surface area contributed by atoms with Crippen molar-refractivity contribution >= 4 is 12.0 Å². The number of hydrogen-bond donors (Lipinski definition) is 1. The summed E-state index contributed by atoms with van der Waals surface area (Å²) in [6, 6.07) is -0.705. The Hall–Kier alpha value is -1.47. The van der Waals surface area contributed by atoms with Crippen LogP contribution in [0.3, 0.4) is 0 Å². The second-order valence-corrected chi connectivity index (χ2v) is 3.88. The molecule has 8 heteroatoms. The number of nitrogens with zero attached hydrogens (tertiary/aromatic N) is 2. The molecule has 5 nitrogen and oxygen atoms in total.